The first kappa shape index (κ1) is 20.0. The molecular weight excluding hydrogens is 356 g/mol. The molecule has 28 heavy (non-hydrogen) atoms. The van der Waals surface area contributed by atoms with Crippen LogP contribution < -0.4 is 0 Å². The summed E-state index contributed by atoms with van der Waals surface area (Å²) in [5, 5.41) is 9.75. The average Bonchev–Trinajstić information content (AvgIpc) is 2.91. The van der Waals surface area contributed by atoms with Crippen molar-refractivity contribution in [2.75, 3.05) is 26.2 Å². The third-order valence-electron chi connectivity index (χ3n) is 4.91. The number of aliphatic hydroxyl groups is 1. The molecule has 0 unspecified atom stereocenters. The highest BCUT2D eigenvalue weighted by Gasteiger charge is 2.32. The third kappa shape index (κ3) is 5.41. The number of amides is 1. The highest BCUT2D eigenvalue weighted by molar-refractivity contribution is 5.85. The van der Waals surface area contributed by atoms with E-state index in [0.717, 1.165) is 12.1 Å². The van der Waals surface area contributed by atoms with Crippen molar-refractivity contribution in [3.8, 4) is 0 Å². The van der Waals surface area contributed by atoms with E-state index in [1.165, 1.54) is 10.5 Å². The van der Waals surface area contributed by atoms with Gasteiger partial charge in [-0.05, 0) is 11.1 Å². The fraction of sp³-hybridized carbons (Fsp3) is 0.364. The van der Waals surface area contributed by atoms with Gasteiger partial charge in [-0.1, -0.05) is 60.7 Å². The second-order valence-corrected chi connectivity index (χ2v) is 6.89. The standard InChI is InChI=1S/C22H26N2O4/c25-16-20(22(27)28-17-19-9-5-2-6-10-19)24-14-13-23(12-11-21(24)26)15-18-7-3-1-4-8-18/h1-10,20,25H,11-17H2/t20-/m1/s1. The van der Waals surface area contributed by atoms with Crippen LogP contribution in [0.15, 0.2) is 60.7 Å². The van der Waals surface area contributed by atoms with Crippen LogP contribution in [-0.2, 0) is 27.5 Å². The number of esters is 1. The molecular formula is C22H26N2O4. The van der Waals surface area contributed by atoms with Crippen LogP contribution in [0.2, 0.25) is 0 Å². The quantitative estimate of drug-likeness (QED) is 0.740. The Morgan fingerprint density at radius 2 is 1.61 bits per heavy atom. The zero-order valence-electron chi connectivity index (χ0n) is 15.9. The zero-order chi connectivity index (χ0) is 19.8. The predicted molar refractivity (Wildman–Crippen MR) is 105 cm³/mol. The largest absolute Gasteiger partial charge is 0.459 e. The normalized spacial score (nSPS) is 16.5. The second-order valence-electron chi connectivity index (χ2n) is 6.89. The van der Waals surface area contributed by atoms with Gasteiger partial charge in [-0.2, -0.15) is 0 Å². The molecule has 1 fully saturated rings. The summed E-state index contributed by atoms with van der Waals surface area (Å²) in [6, 6.07) is 18.5. The number of benzene rings is 2. The van der Waals surface area contributed by atoms with Crippen LogP contribution in [0, 0.1) is 0 Å². The smallest absolute Gasteiger partial charge is 0.331 e. The summed E-state index contributed by atoms with van der Waals surface area (Å²) in [7, 11) is 0. The van der Waals surface area contributed by atoms with E-state index in [-0.39, 0.29) is 12.5 Å². The Hall–Kier alpha value is -2.70. The highest BCUT2D eigenvalue weighted by Crippen LogP contribution is 2.14. The van der Waals surface area contributed by atoms with Crippen molar-refractivity contribution in [2.45, 2.75) is 25.6 Å². The highest BCUT2D eigenvalue weighted by atomic mass is 16.5. The number of aliphatic hydroxyl groups excluding tert-OH is 1. The average molecular weight is 382 g/mol. The first-order valence-electron chi connectivity index (χ1n) is 9.54. The van der Waals surface area contributed by atoms with Crippen molar-refractivity contribution in [3.05, 3.63) is 71.8 Å². The number of rotatable bonds is 7. The zero-order valence-corrected chi connectivity index (χ0v) is 15.9. The van der Waals surface area contributed by atoms with Gasteiger partial charge in [0.05, 0.1) is 6.61 Å². The number of carbonyl (C=O) groups excluding carboxylic acids is 2. The van der Waals surface area contributed by atoms with Crippen molar-refractivity contribution < 1.29 is 19.4 Å². The molecule has 3 rings (SSSR count). The summed E-state index contributed by atoms with van der Waals surface area (Å²) in [6.07, 6.45) is 0.315. The fourth-order valence-electron chi connectivity index (χ4n) is 3.34. The minimum absolute atomic E-state index is 0.123. The van der Waals surface area contributed by atoms with Gasteiger partial charge in [-0.25, -0.2) is 4.79 Å². The predicted octanol–water partition coefficient (Wildman–Crippen LogP) is 1.83. The Bertz CT molecular complexity index is 767. The molecule has 1 aliphatic heterocycles. The van der Waals surface area contributed by atoms with Gasteiger partial charge in [0.15, 0.2) is 6.04 Å². The molecule has 0 spiro atoms. The van der Waals surface area contributed by atoms with Gasteiger partial charge in [-0.15, -0.1) is 0 Å². The van der Waals surface area contributed by atoms with Gasteiger partial charge in [0, 0.05) is 32.6 Å². The Kier molecular flexibility index (Phi) is 7.17. The molecule has 6 nitrogen and oxygen atoms in total. The van der Waals surface area contributed by atoms with Crippen molar-refractivity contribution in [3.63, 3.8) is 0 Å². The number of ether oxygens (including phenoxy) is 1. The molecule has 2 aromatic carbocycles. The summed E-state index contributed by atoms with van der Waals surface area (Å²) in [5.74, 6) is -0.706. The molecule has 0 saturated carbocycles. The van der Waals surface area contributed by atoms with E-state index < -0.39 is 18.6 Å². The van der Waals surface area contributed by atoms with E-state index in [0.29, 0.717) is 26.1 Å². The third-order valence-corrected chi connectivity index (χ3v) is 4.91. The number of hydrogen-bond donors (Lipinski definition) is 1. The molecule has 1 amide bonds. The van der Waals surface area contributed by atoms with E-state index in [1.54, 1.807) is 0 Å². The number of carbonyl (C=O) groups is 2. The molecule has 0 aromatic heterocycles. The molecule has 0 aliphatic carbocycles. The van der Waals surface area contributed by atoms with E-state index in [9.17, 15) is 14.7 Å². The fourth-order valence-corrected chi connectivity index (χ4v) is 3.34. The monoisotopic (exact) mass is 382 g/mol. The van der Waals surface area contributed by atoms with E-state index in [1.807, 2.05) is 48.5 Å². The van der Waals surface area contributed by atoms with Crippen LogP contribution in [0.5, 0.6) is 0 Å². The van der Waals surface area contributed by atoms with Gasteiger partial charge in [-0.3, -0.25) is 9.69 Å². The summed E-state index contributed by atoms with van der Waals surface area (Å²) in [5.41, 5.74) is 2.05. The molecule has 1 aliphatic rings. The molecule has 148 valence electrons. The van der Waals surface area contributed by atoms with Crippen LogP contribution in [0.3, 0.4) is 0 Å². The van der Waals surface area contributed by atoms with Crippen LogP contribution in [0.25, 0.3) is 0 Å². The molecule has 1 N–H and O–H groups in total. The van der Waals surface area contributed by atoms with E-state index in [4.69, 9.17) is 4.74 Å². The Morgan fingerprint density at radius 1 is 0.964 bits per heavy atom. The van der Waals surface area contributed by atoms with Crippen molar-refractivity contribution in [1.29, 1.82) is 0 Å². The van der Waals surface area contributed by atoms with Gasteiger partial charge < -0.3 is 14.7 Å². The molecule has 0 radical (unpaired) electrons. The lowest BCUT2D eigenvalue weighted by Crippen LogP contribution is -2.48. The van der Waals surface area contributed by atoms with Crippen LogP contribution >= 0.6 is 0 Å². The topological polar surface area (TPSA) is 70.1 Å². The maximum Gasteiger partial charge on any atom is 0.331 e. The van der Waals surface area contributed by atoms with Gasteiger partial charge in [0.2, 0.25) is 5.91 Å². The molecule has 1 heterocycles. The van der Waals surface area contributed by atoms with Crippen molar-refractivity contribution in [2.24, 2.45) is 0 Å². The summed E-state index contributed by atoms with van der Waals surface area (Å²) < 4.78 is 5.34. The Morgan fingerprint density at radius 3 is 2.25 bits per heavy atom. The van der Waals surface area contributed by atoms with E-state index >= 15 is 0 Å². The lowest BCUT2D eigenvalue weighted by atomic mass is 10.2. The summed E-state index contributed by atoms with van der Waals surface area (Å²) in [4.78, 5) is 28.7. The lowest BCUT2D eigenvalue weighted by molar-refractivity contribution is -0.157. The maximum atomic E-state index is 12.6. The lowest BCUT2D eigenvalue weighted by Gasteiger charge is -2.28. The first-order chi connectivity index (χ1) is 13.7. The number of nitrogens with zero attached hydrogens (tertiary/aromatic N) is 2. The van der Waals surface area contributed by atoms with Crippen molar-refractivity contribution >= 4 is 11.9 Å². The molecule has 0 bridgehead atoms. The Labute approximate surface area is 165 Å². The minimum atomic E-state index is -0.965. The van der Waals surface area contributed by atoms with E-state index in [2.05, 4.69) is 17.0 Å². The molecule has 2 aromatic rings. The van der Waals surface area contributed by atoms with Gasteiger partial charge in [0.1, 0.15) is 6.61 Å². The summed E-state index contributed by atoms with van der Waals surface area (Å²) in [6.45, 7) is 2.09. The second kappa shape index (κ2) is 10.0. The molecule has 1 atom stereocenters. The van der Waals surface area contributed by atoms with Crippen molar-refractivity contribution in [1.82, 2.24) is 9.80 Å². The molecule has 6 heteroatoms. The van der Waals surface area contributed by atoms with Crippen LogP contribution in [-0.4, -0.2) is 59.1 Å². The molecule has 1 saturated heterocycles. The van der Waals surface area contributed by atoms with Gasteiger partial charge in [0.25, 0.3) is 0 Å². The van der Waals surface area contributed by atoms with Gasteiger partial charge >= 0.3 is 5.97 Å². The minimum Gasteiger partial charge on any atom is -0.459 e. The SMILES string of the molecule is O=C(OCc1ccccc1)[C@@H](CO)N1CCN(Cc2ccccc2)CCC1=O. The number of hydrogen-bond acceptors (Lipinski definition) is 5. The summed E-state index contributed by atoms with van der Waals surface area (Å²) >= 11 is 0. The van der Waals surface area contributed by atoms with Crippen LogP contribution in [0.1, 0.15) is 17.5 Å². The van der Waals surface area contributed by atoms with Crippen LogP contribution in [0.4, 0.5) is 0 Å². The first-order valence-corrected chi connectivity index (χ1v) is 9.54. The Balaban J connectivity index is 1.58. The maximum absolute atomic E-state index is 12.6.